The standard InChI is InChI=1S/C16H17N/c1-3-14-7-9-15(10-8-14)12-17-16-6-4-5-13(2)11-16/h4-12H,3H2,1-2H3. The van der Waals surface area contributed by atoms with Crippen molar-refractivity contribution >= 4 is 11.9 Å². The van der Waals surface area contributed by atoms with Crippen LogP contribution in [-0.2, 0) is 6.42 Å². The maximum absolute atomic E-state index is 4.47. The molecule has 2 aromatic rings. The molecule has 2 aromatic carbocycles. The molecule has 0 atom stereocenters. The fourth-order valence-electron chi connectivity index (χ4n) is 1.70. The monoisotopic (exact) mass is 223 g/mol. The zero-order valence-corrected chi connectivity index (χ0v) is 10.4. The predicted molar refractivity (Wildman–Crippen MR) is 74.3 cm³/mol. The third-order valence-electron chi connectivity index (χ3n) is 2.75. The lowest BCUT2D eigenvalue weighted by molar-refractivity contribution is 1.14. The first-order valence-corrected chi connectivity index (χ1v) is 5.97. The maximum Gasteiger partial charge on any atom is 0.0632 e. The first-order valence-electron chi connectivity index (χ1n) is 5.97. The molecule has 2 rings (SSSR count). The van der Waals surface area contributed by atoms with Gasteiger partial charge in [-0.15, -0.1) is 0 Å². The summed E-state index contributed by atoms with van der Waals surface area (Å²) in [6, 6.07) is 16.7. The first kappa shape index (κ1) is 11.6. The van der Waals surface area contributed by atoms with Gasteiger partial charge in [-0.3, -0.25) is 4.99 Å². The summed E-state index contributed by atoms with van der Waals surface area (Å²) >= 11 is 0. The van der Waals surface area contributed by atoms with Crippen molar-refractivity contribution in [2.45, 2.75) is 20.3 Å². The molecule has 0 radical (unpaired) electrons. The Bertz CT molecular complexity index is 509. The summed E-state index contributed by atoms with van der Waals surface area (Å²) in [6.45, 7) is 4.24. The van der Waals surface area contributed by atoms with Gasteiger partial charge in [-0.25, -0.2) is 0 Å². The summed E-state index contributed by atoms with van der Waals surface area (Å²) in [7, 11) is 0. The summed E-state index contributed by atoms with van der Waals surface area (Å²) in [5.74, 6) is 0. The van der Waals surface area contributed by atoms with Crippen LogP contribution >= 0.6 is 0 Å². The van der Waals surface area contributed by atoms with E-state index in [0.29, 0.717) is 0 Å². The SMILES string of the molecule is CCc1ccc(C=Nc2cccc(C)c2)cc1. The third-order valence-corrected chi connectivity index (χ3v) is 2.75. The fourth-order valence-corrected chi connectivity index (χ4v) is 1.70. The van der Waals surface area contributed by atoms with E-state index in [1.807, 2.05) is 18.3 Å². The van der Waals surface area contributed by atoms with Gasteiger partial charge in [-0.05, 0) is 42.2 Å². The Balaban J connectivity index is 2.14. The van der Waals surface area contributed by atoms with E-state index >= 15 is 0 Å². The number of nitrogens with zero attached hydrogens (tertiary/aromatic N) is 1. The minimum absolute atomic E-state index is 1.00. The zero-order chi connectivity index (χ0) is 12.1. The highest BCUT2D eigenvalue weighted by atomic mass is 14.7. The van der Waals surface area contributed by atoms with Gasteiger partial charge in [-0.1, -0.05) is 43.3 Å². The van der Waals surface area contributed by atoms with Gasteiger partial charge in [0.2, 0.25) is 0 Å². The van der Waals surface area contributed by atoms with E-state index in [0.717, 1.165) is 17.7 Å². The molecule has 86 valence electrons. The van der Waals surface area contributed by atoms with Gasteiger partial charge < -0.3 is 0 Å². The van der Waals surface area contributed by atoms with Crippen LogP contribution in [0.15, 0.2) is 53.5 Å². The van der Waals surface area contributed by atoms with E-state index < -0.39 is 0 Å². The van der Waals surface area contributed by atoms with Crippen molar-refractivity contribution in [3.05, 3.63) is 65.2 Å². The van der Waals surface area contributed by atoms with Crippen LogP contribution in [0.4, 0.5) is 5.69 Å². The summed E-state index contributed by atoms with van der Waals surface area (Å²) < 4.78 is 0. The molecule has 0 spiro atoms. The molecule has 0 saturated carbocycles. The quantitative estimate of drug-likeness (QED) is 0.688. The van der Waals surface area contributed by atoms with Crippen molar-refractivity contribution < 1.29 is 0 Å². The van der Waals surface area contributed by atoms with Crippen molar-refractivity contribution in [3.8, 4) is 0 Å². The Labute approximate surface area is 103 Å². The van der Waals surface area contributed by atoms with Gasteiger partial charge in [0.25, 0.3) is 0 Å². The molecule has 0 aliphatic rings. The third kappa shape index (κ3) is 3.28. The zero-order valence-electron chi connectivity index (χ0n) is 10.4. The molecule has 0 saturated heterocycles. The van der Waals surface area contributed by atoms with Crippen molar-refractivity contribution in [1.82, 2.24) is 0 Å². The van der Waals surface area contributed by atoms with Gasteiger partial charge in [0, 0.05) is 6.21 Å². The average Bonchev–Trinajstić information content (AvgIpc) is 2.37. The maximum atomic E-state index is 4.47. The molecule has 0 fully saturated rings. The normalized spacial score (nSPS) is 10.9. The van der Waals surface area contributed by atoms with Crippen LogP contribution in [0.25, 0.3) is 0 Å². The number of rotatable bonds is 3. The molecule has 0 amide bonds. The Kier molecular flexibility index (Phi) is 3.71. The second-order valence-corrected chi connectivity index (χ2v) is 4.19. The number of benzene rings is 2. The highest BCUT2D eigenvalue weighted by molar-refractivity contribution is 5.81. The number of aliphatic imine (C=N–C) groups is 1. The molecular formula is C16H17N. The minimum atomic E-state index is 1.00. The molecule has 0 unspecified atom stereocenters. The van der Waals surface area contributed by atoms with Crippen LogP contribution in [-0.4, -0.2) is 6.21 Å². The topological polar surface area (TPSA) is 12.4 Å². The molecule has 1 heteroatoms. The van der Waals surface area contributed by atoms with E-state index in [2.05, 4.69) is 55.2 Å². The molecule has 0 heterocycles. The van der Waals surface area contributed by atoms with Gasteiger partial charge in [0.15, 0.2) is 0 Å². The molecule has 0 aromatic heterocycles. The highest BCUT2D eigenvalue weighted by Crippen LogP contribution is 2.13. The average molecular weight is 223 g/mol. The number of hydrogen-bond acceptors (Lipinski definition) is 1. The Morgan fingerprint density at radius 1 is 1.06 bits per heavy atom. The van der Waals surface area contributed by atoms with Gasteiger partial charge in [0.05, 0.1) is 5.69 Å². The Morgan fingerprint density at radius 2 is 1.82 bits per heavy atom. The lowest BCUT2D eigenvalue weighted by atomic mass is 10.1. The van der Waals surface area contributed by atoms with E-state index in [-0.39, 0.29) is 0 Å². The number of aryl methyl sites for hydroxylation is 2. The largest absolute Gasteiger partial charge is 0.256 e. The summed E-state index contributed by atoms with van der Waals surface area (Å²) in [5.41, 5.74) is 4.74. The number of hydrogen-bond donors (Lipinski definition) is 0. The van der Waals surface area contributed by atoms with E-state index in [4.69, 9.17) is 0 Å². The van der Waals surface area contributed by atoms with E-state index in [9.17, 15) is 0 Å². The minimum Gasteiger partial charge on any atom is -0.256 e. The fraction of sp³-hybridized carbons (Fsp3) is 0.188. The lowest BCUT2D eigenvalue weighted by Gasteiger charge is -1.98. The highest BCUT2D eigenvalue weighted by Gasteiger charge is 1.91. The van der Waals surface area contributed by atoms with Crippen LogP contribution in [0.1, 0.15) is 23.6 Å². The molecular weight excluding hydrogens is 206 g/mol. The molecule has 1 nitrogen and oxygen atoms in total. The molecule has 0 aliphatic heterocycles. The van der Waals surface area contributed by atoms with Crippen molar-refractivity contribution in [2.24, 2.45) is 4.99 Å². The van der Waals surface area contributed by atoms with Crippen LogP contribution in [0.3, 0.4) is 0 Å². The van der Waals surface area contributed by atoms with Gasteiger partial charge in [-0.2, -0.15) is 0 Å². The second kappa shape index (κ2) is 5.44. The van der Waals surface area contributed by atoms with Gasteiger partial charge >= 0.3 is 0 Å². The first-order chi connectivity index (χ1) is 8.28. The van der Waals surface area contributed by atoms with Crippen molar-refractivity contribution in [2.75, 3.05) is 0 Å². The Morgan fingerprint density at radius 3 is 2.47 bits per heavy atom. The smallest absolute Gasteiger partial charge is 0.0632 e. The summed E-state index contributed by atoms with van der Waals surface area (Å²) in [6.07, 6.45) is 2.99. The Hall–Kier alpha value is -1.89. The van der Waals surface area contributed by atoms with Crippen LogP contribution in [0.2, 0.25) is 0 Å². The van der Waals surface area contributed by atoms with Crippen molar-refractivity contribution in [1.29, 1.82) is 0 Å². The molecule has 0 bridgehead atoms. The van der Waals surface area contributed by atoms with Crippen molar-refractivity contribution in [3.63, 3.8) is 0 Å². The summed E-state index contributed by atoms with van der Waals surface area (Å²) in [5, 5.41) is 0. The second-order valence-electron chi connectivity index (χ2n) is 4.19. The molecule has 0 N–H and O–H groups in total. The van der Waals surface area contributed by atoms with Crippen LogP contribution in [0.5, 0.6) is 0 Å². The van der Waals surface area contributed by atoms with Crippen LogP contribution < -0.4 is 0 Å². The van der Waals surface area contributed by atoms with E-state index in [1.165, 1.54) is 11.1 Å². The predicted octanol–water partition coefficient (Wildman–Crippen LogP) is 4.31. The van der Waals surface area contributed by atoms with E-state index in [1.54, 1.807) is 0 Å². The molecule has 0 aliphatic carbocycles. The van der Waals surface area contributed by atoms with Crippen LogP contribution in [0, 0.1) is 6.92 Å². The summed E-state index contributed by atoms with van der Waals surface area (Å²) in [4.78, 5) is 4.47. The lowest BCUT2D eigenvalue weighted by Crippen LogP contribution is -1.83. The molecule has 17 heavy (non-hydrogen) atoms. The van der Waals surface area contributed by atoms with Gasteiger partial charge in [0.1, 0.15) is 0 Å².